The van der Waals surface area contributed by atoms with E-state index in [0.717, 1.165) is 5.69 Å². The number of aromatic nitrogens is 2. The van der Waals surface area contributed by atoms with E-state index in [0.29, 0.717) is 16.5 Å². The lowest BCUT2D eigenvalue weighted by Gasteiger charge is -2.02. The predicted octanol–water partition coefficient (Wildman–Crippen LogP) is 2.82. The normalized spacial score (nSPS) is 15.5. The minimum Gasteiger partial charge on any atom is -0.493 e. The maximum atomic E-state index is 11.0. The Kier molecular flexibility index (Phi) is 3.33. The zero-order chi connectivity index (χ0) is 14.8. The second-order valence-electron chi connectivity index (χ2n) is 4.28. The summed E-state index contributed by atoms with van der Waals surface area (Å²) >= 11 is 5.90. The highest BCUT2D eigenvalue weighted by atomic mass is 35.5. The van der Waals surface area contributed by atoms with Gasteiger partial charge < -0.3 is 15.4 Å². The molecular weight excluding hydrogens is 294 g/mol. The summed E-state index contributed by atoms with van der Waals surface area (Å²) in [5.41, 5.74) is 1.03. The third kappa shape index (κ3) is 3.03. The lowest BCUT2D eigenvalue weighted by molar-refractivity contribution is 0.454. The van der Waals surface area contributed by atoms with Crippen molar-refractivity contribution < 1.29 is 5.11 Å². The number of hydrogen-bond acceptors (Lipinski definition) is 5. The standard InChI is InChI=1S/C13H10ClN5O2/c14-7-2-1-3-8(4-7)15-11-6-9(18-19-11)5-10-12(20)17-13(21)16-10/h1-6,15,20H,(H2,16,17,21). The van der Waals surface area contributed by atoms with Crippen LogP contribution in [0, 0.1) is 0 Å². The minimum atomic E-state index is -0.490. The Bertz CT molecular complexity index is 831. The van der Waals surface area contributed by atoms with Gasteiger partial charge in [0.2, 0.25) is 5.88 Å². The summed E-state index contributed by atoms with van der Waals surface area (Å²) in [5, 5.41) is 21.0. The van der Waals surface area contributed by atoms with Crippen molar-refractivity contribution in [2.24, 2.45) is 10.2 Å². The first-order chi connectivity index (χ1) is 10.1. The summed E-state index contributed by atoms with van der Waals surface area (Å²) in [5.74, 6) is 0.285. The fourth-order valence-corrected chi connectivity index (χ4v) is 1.99. The molecule has 8 heteroatoms. The fraction of sp³-hybridized carbons (Fsp3) is 0. The molecule has 1 aromatic carbocycles. The lowest BCUT2D eigenvalue weighted by atomic mass is 10.3. The van der Waals surface area contributed by atoms with Crippen molar-refractivity contribution in [2.45, 2.75) is 0 Å². The van der Waals surface area contributed by atoms with E-state index in [1.54, 1.807) is 18.2 Å². The number of allylic oxidation sites excluding steroid dienone is 1. The second kappa shape index (κ2) is 5.29. The Morgan fingerprint density at radius 2 is 2.14 bits per heavy atom. The molecular formula is C13H10ClN5O2. The van der Waals surface area contributed by atoms with Crippen molar-refractivity contribution in [3.63, 3.8) is 0 Å². The van der Waals surface area contributed by atoms with Gasteiger partial charge in [-0.05, 0) is 24.3 Å². The number of rotatable bonds is 3. The average molecular weight is 304 g/mol. The highest BCUT2D eigenvalue weighted by Gasteiger charge is 2.09. The van der Waals surface area contributed by atoms with E-state index in [4.69, 9.17) is 11.6 Å². The largest absolute Gasteiger partial charge is 0.493 e. The van der Waals surface area contributed by atoms with E-state index in [1.807, 2.05) is 12.1 Å². The molecule has 2 aromatic rings. The smallest absolute Gasteiger partial charge is 0.326 e. The molecule has 0 amide bonds. The molecule has 0 aliphatic carbocycles. The summed E-state index contributed by atoms with van der Waals surface area (Å²) < 4.78 is 0. The molecule has 0 unspecified atom stereocenters. The van der Waals surface area contributed by atoms with Crippen LogP contribution in [0.3, 0.4) is 0 Å². The lowest BCUT2D eigenvalue weighted by Crippen LogP contribution is -2.00. The number of anilines is 1. The summed E-state index contributed by atoms with van der Waals surface area (Å²) in [6.45, 7) is 0. The third-order valence-electron chi connectivity index (χ3n) is 2.68. The molecule has 0 fully saturated rings. The Hall–Kier alpha value is -2.80. The van der Waals surface area contributed by atoms with Crippen LogP contribution in [0.1, 0.15) is 5.69 Å². The van der Waals surface area contributed by atoms with Crippen LogP contribution < -0.4 is 11.0 Å². The summed E-state index contributed by atoms with van der Waals surface area (Å²) in [6.07, 6.45) is 3.18. The Labute approximate surface area is 123 Å². The predicted molar refractivity (Wildman–Crippen MR) is 79.1 cm³/mol. The number of benzene rings is 1. The van der Waals surface area contributed by atoms with Gasteiger partial charge in [0.15, 0.2) is 5.82 Å². The number of nitrogens with one attached hydrogen (secondary N) is 3. The minimum absolute atomic E-state index is 0.243. The van der Waals surface area contributed by atoms with Crippen LogP contribution in [0.5, 0.6) is 5.88 Å². The fourth-order valence-electron chi connectivity index (χ4n) is 1.80. The van der Waals surface area contributed by atoms with Crippen LogP contribution in [-0.2, 0) is 0 Å². The van der Waals surface area contributed by atoms with E-state index in [9.17, 15) is 9.90 Å². The monoisotopic (exact) mass is 303 g/mol. The van der Waals surface area contributed by atoms with E-state index in [1.165, 1.54) is 6.08 Å². The van der Waals surface area contributed by atoms with Gasteiger partial charge in [0, 0.05) is 16.8 Å². The third-order valence-corrected chi connectivity index (χ3v) is 2.92. The van der Waals surface area contributed by atoms with E-state index in [-0.39, 0.29) is 11.6 Å². The van der Waals surface area contributed by atoms with Crippen LogP contribution in [0.4, 0.5) is 5.69 Å². The zero-order valence-corrected chi connectivity index (χ0v) is 11.3. The van der Waals surface area contributed by atoms with Crippen LogP contribution in [0.25, 0.3) is 6.08 Å². The Morgan fingerprint density at radius 1 is 1.29 bits per heavy atom. The molecule has 7 nitrogen and oxygen atoms in total. The van der Waals surface area contributed by atoms with E-state index in [2.05, 4.69) is 25.5 Å². The zero-order valence-electron chi connectivity index (χ0n) is 10.6. The second-order valence-corrected chi connectivity index (χ2v) is 4.71. The number of hydrogen-bond donors (Lipinski definition) is 4. The van der Waals surface area contributed by atoms with Gasteiger partial charge in [-0.3, -0.25) is 4.98 Å². The van der Waals surface area contributed by atoms with Crippen molar-refractivity contribution >= 4 is 23.4 Å². The van der Waals surface area contributed by atoms with Crippen molar-refractivity contribution in [3.05, 3.63) is 63.1 Å². The molecule has 1 aliphatic rings. The number of aromatic amines is 2. The van der Waals surface area contributed by atoms with Gasteiger partial charge in [-0.2, -0.15) is 0 Å². The highest BCUT2D eigenvalue weighted by Crippen LogP contribution is 2.23. The molecule has 0 atom stereocenters. The number of azo groups is 1. The molecule has 0 saturated heterocycles. The molecule has 1 aliphatic heterocycles. The summed E-state index contributed by atoms with van der Waals surface area (Å²) in [6, 6.07) is 7.19. The summed E-state index contributed by atoms with van der Waals surface area (Å²) in [4.78, 5) is 15.7. The van der Waals surface area contributed by atoms with Gasteiger partial charge in [0.1, 0.15) is 5.69 Å². The Morgan fingerprint density at radius 3 is 2.86 bits per heavy atom. The van der Waals surface area contributed by atoms with Crippen LogP contribution in [-0.4, -0.2) is 15.1 Å². The van der Waals surface area contributed by atoms with Gasteiger partial charge in [-0.15, -0.1) is 10.2 Å². The molecule has 0 spiro atoms. The number of aromatic hydroxyl groups is 1. The van der Waals surface area contributed by atoms with Crippen molar-refractivity contribution in [3.8, 4) is 5.88 Å². The van der Waals surface area contributed by atoms with Gasteiger partial charge in [-0.1, -0.05) is 17.7 Å². The Balaban J connectivity index is 1.80. The first-order valence-corrected chi connectivity index (χ1v) is 6.37. The van der Waals surface area contributed by atoms with Crippen LogP contribution in [0.2, 0.25) is 5.02 Å². The first-order valence-electron chi connectivity index (χ1n) is 5.99. The first kappa shape index (κ1) is 13.2. The molecule has 0 radical (unpaired) electrons. The van der Waals surface area contributed by atoms with Gasteiger partial charge in [0.25, 0.3) is 0 Å². The molecule has 0 bridgehead atoms. The van der Waals surface area contributed by atoms with Crippen LogP contribution >= 0.6 is 11.6 Å². The number of H-pyrrole nitrogens is 2. The maximum absolute atomic E-state index is 11.0. The quantitative estimate of drug-likeness (QED) is 0.700. The van der Waals surface area contributed by atoms with Gasteiger partial charge >= 0.3 is 5.69 Å². The number of halogens is 1. The number of imidazole rings is 1. The van der Waals surface area contributed by atoms with Crippen LogP contribution in [0.15, 0.2) is 56.9 Å². The molecule has 3 rings (SSSR count). The summed E-state index contributed by atoms with van der Waals surface area (Å²) in [7, 11) is 0. The van der Waals surface area contributed by atoms with E-state index >= 15 is 0 Å². The highest BCUT2D eigenvalue weighted by molar-refractivity contribution is 6.30. The molecule has 1 aromatic heterocycles. The average Bonchev–Trinajstić information content (AvgIpc) is 2.97. The molecule has 4 N–H and O–H groups in total. The molecule has 21 heavy (non-hydrogen) atoms. The van der Waals surface area contributed by atoms with Gasteiger partial charge in [-0.25, -0.2) is 4.79 Å². The topological polar surface area (TPSA) is 106 Å². The SMILES string of the molecule is O=c1[nH]c(O)c(C=C2C=C(Nc3cccc(Cl)c3)N=N2)[nH]1. The van der Waals surface area contributed by atoms with Gasteiger partial charge in [0.05, 0.1) is 5.70 Å². The van der Waals surface area contributed by atoms with Crippen molar-refractivity contribution in [1.29, 1.82) is 0 Å². The molecule has 106 valence electrons. The van der Waals surface area contributed by atoms with E-state index < -0.39 is 5.69 Å². The van der Waals surface area contributed by atoms with Crippen molar-refractivity contribution in [1.82, 2.24) is 9.97 Å². The number of nitrogens with zero attached hydrogens (tertiary/aromatic N) is 2. The maximum Gasteiger partial charge on any atom is 0.326 e. The molecule has 0 saturated carbocycles. The molecule has 2 heterocycles. The van der Waals surface area contributed by atoms with Crippen molar-refractivity contribution in [2.75, 3.05) is 5.32 Å².